The first kappa shape index (κ1) is 11.3. The third-order valence-corrected chi connectivity index (χ3v) is 1.87. The fourth-order valence-electron chi connectivity index (χ4n) is 1.20. The Morgan fingerprint density at radius 3 is 2.27 bits per heavy atom. The summed E-state index contributed by atoms with van der Waals surface area (Å²) in [4.78, 5) is 20.5. The molecule has 0 atom stereocenters. The van der Waals surface area contributed by atoms with E-state index in [9.17, 15) is 18.4 Å². The summed E-state index contributed by atoms with van der Waals surface area (Å²) in [6, 6.07) is 1.85. The number of hydrogen-bond donors (Lipinski definition) is 1. The van der Waals surface area contributed by atoms with Gasteiger partial charge in [0.1, 0.15) is 23.5 Å². The lowest BCUT2D eigenvalue weighted by Gasteiger charge is -2.03. The van der Waals surface area contributed by atoms with Gasteiger partial charge in [-0.25, -0.2) is 13.6 Å². The average Bonchev–Trinajstić information content (AvgIpc) is 2.12. The van der Waals surface area contributed by atoms with Gasteiger partial charge in [0.05, 0.1) is 0 Å². The number of aryl methyl sites for hydroxylation is 1. The lowest BCUT2D eigenvalue weighted by molar-refractivity contribution is -0.107. The smallest absolute Gasteiger partial charge is 0.341 e. The molecule has 0 aliphatic carbocycles. The molecule has 80 valence electrons. The minimum Gasteiger partial charge on any atom is -0.477 e. The SMILES string of the molecule is O=CCCc1cc(F)c(C(=O)O)c(F)c1. The number of aromatic carboxylic acids is 1. The molecule has 5 heteroatoms. The van der Waals surface area contributed by atoms with Crippen molar-refractivity contribution in [3.05, 3.63) is 34.9 Å². The molecule has 0 amide bonds. The second kappa shape index (κ2) is 4.63. The van der Waals surface area contributed by atoms with Gasteiger partial charge in [-0.2, -0.15) is 0 Å². The van der Waals surface area contributed by atoms with Gasteiger partial charge < -0.3 is 9.90 Å². The minimum absolute atomic E-state index is 0.144. The van der Waals surface area contributed by atoms with Crippen LogP contribution in [0.4, 0.5) is 8.78 Å². The number of rotatable bonds is 4. The van der Waals surface area contributed by atoms with Crippen LogP contribution in [0.1, 0.15) is 22.3 Å². The van der Waals surface area contributed by atoms with E-state index in [-0.39, 0.29) is 18.4 Å². The number of carboxylic acids is 1. The van der Waals surface area contributed by atoms with Crippen LogP contribution in [-0.4, -0.2) is 17.4 Å². The Labute approximate surface area is 84.3 Å². The molecule has 0 bridgehead atoms. The number of carboxylic acid groups (broad SMARTS) is 1. The highest BCUT2D eigenvalue weighted by molar-refractivity contribution is 5.88. The van der Waals surface area contributed by atoms with Crippen molar-refractivity contribution in [2.75, 3.05) is 0 Å². The van der Waals surface area contributed by atoms with E-state index >= 15 is 0 Å². The molecule has 0 unspecified atom stereocenters. The molecular weight excluding hydrogens is 206 g/mol. The third-order valence-electron chi connectivity index (χ3n) is 1.87. The van der Waals surface area contributed by atoms with E-state index in [0.29, 0.717) is 6.29 Å². The number of carbonyl (C=O) groups is 2. The molecule has 0 aliphatic heterocycles. The summed E-state index contributed by atoms with van der Waals surface area (Å²) >= 11 is 0. The molecule has 0 fully saturated rings. The molecule has 0 saturated heterocycles. The van der Waals surface area contributed by atoms with Crippen molar-refractivity contribution in [3.8, 4) is 0 Å². The standard InChI is InChI=1S/C10H8F2O3/c11-7-4-6(2-1-3-13)5-8(12)9(7)10(14)15/h3-5H,1-2H2,(H,14,15). The van der Waals surface area contributed by atoms with E-state index in [2.05, 4.69) is 0 Å². The second-order valence-corrected chi connectivity index (χ2v) is 2.94. The normalized spacial score (nSPS) is 10.0. The van der Waals surface area contributed by atoms with E-state index in [0.717, 1.165) is 12.1 Å². The molecule has 0 heterocycles. The van der Waals surface area contributed by atoms with Gasteiger partial charge in [-0.15, -0.1) is 0 Å². The first-order valence-electron chi connectivity index (χ1n) is 4.21. The predicted octanol–water partition coefficient (Wildman–Crippen LogP) is 1.79. The van der Waals surface area contributed by atoms with E-state index in [1.807, 2.05) is 0 Å². The summed E-state index contributed by atoms with van der Waals surface area (Å²) in [7, 11) is 0. The minimum atomic E-state index is -1.65. The monoisotopic (exact) mass is 214 g/mol. The van der Waals surface area contributed by atoms with Crippen LogP contribution in [0.25, 0.3) is 0 Å². The zero-order valence-electron chi connectivity index (χ0n) is 7.67. The molecular formula is C10H8F2O3. The zero-order valence-corrected chi connectivity index (χ0v) is 7.67. The van der Waals surface area contributed by atoms with Crippen LogP contribution in [0.5, 0.6) is 0 Å². The molecule has 0 spiro atoms. The second-order valence-electron chi connectivity index (χ2n) is 2.94. The number of aldehydes is 1. The fourth-order valence-corrected chi connectivity index (χ4v) is 1.20. The van der Waals surface area contributed by atoms with Crippen LogP contribution in [0.15, 0.2) is 12.1 Å². The van der Waals surface area contributed by atoms with E-state index in [4.69, 9.17) is 5.11 Å². The largest absolute Gasteiger partial charge is 0.477 e. The van der Waals surface area contributed by atoms with Crippen LogP contribution in [0.2, 0.25) is 0 Å². The van der Waals surface area contributed by atoms with Gasteiger partial charge in [-0.3, -0.25) is 0 Å². The van der Waals surface area contributed by atoms with Crippen LogP contribution in [0, 0.1) is 11.6 Å². The van der Waals surface area contributed by atoms with Gasteiger partial charge in [-0.1, -0.05) is 0 Å². The highest BCUT2D eigenvalue weighted by Gasteiger charge is 2.17. The quantitative estimate of drug-likeness (QED) is 0.777. The molecule has 0 saturated carbocycles. The van der Waals surface area contributed by atoms with E-state index in [1.165, 1.54) is 0 Å². The first-order chi connectivity index (χ1) is 7.06. The summed E-state index contributed by atoms with van der Waals surface area (Å²) in [6.07, 6.45) is 0.962. The topological polar surface area (TPSA) is 54.4 Å². The Kier molecular flexibility index (Phi) is 3.49. The van der Waals surface area contributed by atoms with Crippen LogP contribution in [0.3, 0.4) is 0 Å². The van der Waals surface area contributed by atoms with E-state index < -0.39 is 23.2 Å². The summed E-state index contributed by atoms with van der Waals surface area (Å²) in [6.45, 7) is 0. The van der Waals surface area contributed by atoms with Gasteiger partial charge in [-0.05, 0) is 24.1 Å². The Balaban J connectivity index is 3.07. The number of halogens is 2. The molecule has 1 rings (SSSR count). The molecule has 1 aromatic carbocycles. The highest BCUT2D eigenvalue weighted by Crippen LogP contribution is 2.16. The van der Waals surface area contributed by atoms with Gasteiger partial charge in [0.2, 0.25) is 0 Å². The molecule has 3 nitrogen and oxygen atoms in total. The van der Waals surface area contributed by atoms with Crippen molar-refractivity contribution in [1.29, 1.82) is 0 Å². The molecule has 15 heavy (non-hydrogen) atoms. The first-order valence-corrected chi connectivity index (χ1v) is 4.21. The maximum absolute atomic E-state index is 13.1. The number of benzene rings is 1. The van der Waals surface area contributed by atoms with Crippen molar-refractivity contribution >= 4 is 12.3 Å². The van der Waals surface area contributed by atoms with Crippen molar-refractivity contribution < 1.29 is 23.5 Å². The lowest BCUT2D eigenvalue weighted by Crippen LogP contribution is -2.05. The van der Waals surface area contributed by atoms with Gasteiger partial charge in [0.15, 0.2) is 0 Å². The fraction of sp³-hybridized carbons (Fsp3) is 0.200. The summed E-state index contributed by atoms with van der Waals surface area (Å²) < 4.78 is 26.2. The summed E-state index contributed by atoms with van der Waals surface area (Å²) in [5, 5.41) is 8.48. The molecule has 1 aromatic rings. The van der Waals surface area contributed by atoms with Crippen molar-refractivity contribution in [2.24, 2.45) is 0 Å². The van der Waals surface area contributed by atoms with E-state index in [1.54, 1.807) is 0 Å². The molecule has 0 aliphatic rings. The predicted molar refractivity (Wildman–Crippen MR) is 47.7 cm³/mol. The Bertz CT molecular complexity index is 379. The third kappa shape index (κ3) is 2.59. The Hall–Kier alpha value is -1.78. The van der Waals surface area contributed by atoms with Gasteiger partial charge in [0.25, 0.3) is 0 Å². The zero-order chi connectivity index (χ0) is 11.4. The van der Waals surface area contributed by atoms with Gasteiger partial charge in [0, 0.05) is 6.42 Å². The van der Waals surface area contributed by atoms with Crippen molar-refractivity contribution in [3.63, 3.8) is 0 Å². The molecule has 1 N–H and O–H groups in total. The maximum Gasteiger partial charge on any atom is 0.341 e. The van der Waals surface area contributed by atoms with Gasteiger partial charge >= 0.3 is 5.97 Å². The number of carbonyl (C=O) groups excluding carboxylic acids is 1. The molecule has 0 aromatic heterocycles. The lowest BCUT2D eigenvalue weighted by atomic mass is 10.1. The van der Waals surface area contributed by atoms with Crippen LogP contribution >= 0.6 is 0 Å². The Morgan fingerprint density at radius 1 is 1.33 bits per heavy atom. The highest BCUT2D eigenvalue weighted by atomic mass is 19.1. The summed E-state index contributed by atoms with van der Waals surface area (Å²) in [5.41, 5.74) is -0.702. The Morgan fingerprint density at radius 2 is 1.87 bits per heavy atom. The van der Waals surface area contributed by atoms with Crippen LogP contribution < -0.4 is 0 Å². The van der Waals surface area contributed by atoms with Crippen molar-refractivity contribution in [1.82, 2.24) is 0 Å². The average molecular weight is 214 g/mol. The van der Waals surface area contributed by atoms with Crippen LogP contribution in [-0.2, 0) is 11.2 Å². The number of hydrogen-bond acceptors (Lipinski definition) is 2. The molecule has 0 radical (unpaired) electrons. The van der Waals surface area contributed by atoms with Crippen molar-refractivity contribution in [2.45, 2.75) is 12.8 Å². The summed E-state index contributed by atoms with van der Waals surface area (Å²) in [5.74, 6) is -3.89. The maximum atomic E-state index is 13.1.